The van der Waals surface area contributed by atoms with Gasteiger partial charge < -0.3 is 26.2 Å². The highest BCUT2D eigenvalue weighted by atomic mass is 32.2. The Kier molecular flexibility index (Phi) is 11.3. The number of pyridine rings is 1. The van der Waals surface area contributed by atoms with Crippen LogP contribution < -0.4 is 25.6 Å². The zero-order valence-corrected chi connectivity index (χ0v) is 32.5. The van der Waals surface area contributed by atoms with Crippen molar-refractivity contribution in [1.29, 1.82) is 0 Å². The molecule has 3 saturated carbocycles. The first-order valence-corrected chi connectivity index (χ1v) is 20.3. The van der Waals surface area contributed by atoms with Crippen molar-refractivity contribution in [3.8, 4) is 0 Å². The van der Waals surface area contributed by atoms with Crippen LogP contribution in [0.25, 0.3) is 0 Å². The van der Waals surface area contributed by atoms with E-state index >= 15 is 0 Å². The van der Waals surface area contributed by atoms with Crippen molar-refractivity contribution < 1.29 is 32.4 Å². The third kappa shape index (κ3) is 8.55. The van der Waals surface area contributed by atoms with Gasteiger partial charge in [-0.25, -0.2) is 18.2 Å². The predicted molar refractivity (Wildman–Crippen MR) is 196 cm³/mol. The van der Waals surface area contributed by atoms with Crippen molar-refractivity contribution in [2.24, 2.45) is 22.7 Å². The van der Waals surface area contributed by atoms with Crippen LogP contribution in [0, 0.1) is 22.7 Å². The lowest BCUT2D eigenvalue weighted by Crippen LogP contribution is -2.64. The number of likely N-dealkylation sites (tertiary alicyclic amines) is 1. The number of piperidine rings is 1. The Hall–Kier alpha value is -3.75. The Morgan fingerprint density at radius 3 is 2.29 bits per heavy atom. The zero-order valence-electron chi connectivity index (χ0n) is 31.7. The lowest BCUT2D eigenvalue weighted by molar-refractivity contribution is -0.145. The fraction of sp³-hybridized carbons (Fsp3) is 0.730. The van der Waals surface area contributed by atoms with Crippen molar-refractivity contribution in [3.05, 3.63) is 24.4 Å². The van der Waals surface area contributed by atoms with Crippen LogP contribution in [0.15, 0.2) is 24.4 Å². The fourth-order valence-electron chi connectivity index (χ4n) is 8.16. The first kappa shape index (κ1) is 39.5. The minimum Gasteiger partial charge on any atom is -0.347 e. The predicted octanol–water partition coefficient (Wildman–Crippen LogP) is 2.88. The second-order valence-corrected chi connectivity index (χ2v) is 19.0. The topological polar surface area (TPSA) is 187 Å². The van der Waals surface area contributed by atoms with E-state index in [1.807, 2.05) is 27.7 Å². The Balaban J connectivity index is 1.33. The number of urea groups is 1. The number of hydrogen-bond acceptors (Lipinski definition) is 8. The molecule has 288 valence electrons. The molecule has 1 aliphatic heterocycles. The molecule has 4 fully saturated rings. The van der Waals surface area contributed by atoms with Crippen LogP contribution in [0.2, 0.25) is 0 Å². The number of hydrogen-bond donors (Lipinski definition) is 4. The molecule has 0 unspecified atom stereocenters. The quantitative estimate of drug-likeness (QED) is 0.210. The van der Waals surface area contributed by atoms with Crippen molar-refractivity contribution in [3.63, 3.8) is 0 Å². The molecule has 0 bridgehead atoms. The van der Waals surface area contributed by atoms with E-state index in [1.54, 1.807) is 18.2 Å². The summed E-state index contributed by atoms with van der Waals surface area (Å²) in [7, 11) is -2.46. The van der Waals surface area contributed by atoms with Gasteiger partial charge in [0.2, 0.25) is 27.6 Å². The number of anilines is 1. The van der Waals surface area contributed by atoms with E-state index in [4.69, 9.17) is 0 Å². The number of carbonyl (C=O) groups excluding carboxylic acids is 5. The number of Topliss-reactive ketones (excluding diaryl/α,β-unsaturated/α-hetero) is 1. The molecule has 1 aromatic heterocycles. The molecule has 0 spiro atoms. The molecule has 3 aliphatic carbocycles. The van der Waals surface area contributed by atoms with Gasteiger partial charge in [-0.05, 0) is 66.9 Å². The maximum Gasteiger partial charge on any atom is 0.315 e. The van der Waals surface area contributed by atoms with Gasteiger partial charge in [0.1, 0.15) is 17.9 Å². The van der Waals surface area contributed by atoms with Crippen LogP contribution in [0.4, 0.5) is 10.6 Å². The number of amides is 5. The number of nitrogens with zero attached hydrogens (tertiary/aromatic N) is 3. The van der Waals surface area contributed by atoms with Crippen LogP contribution in [0.5, 0.6) is 0 Å². The minimum atomic E-state index is -3.90. The highest BCUT2D eigenvalue weighted by molar-refractivity contribution is 7.92. The maximum atomic E-state index is 14.5. The summed E-state index contributed by atoms with van der Waals surface area (Å²) >= 11 is 0. The van der Waals surface area contributed by atoms with Crippen molar-refractivity contribution in [2.75, 3.05) is 23.7 Å². The molecule has 5 amide bonds. The summed E-state index contributed by atoms with van der Waals surface area (Å²) in [6, 6.07) is 1.38. The molecular formula is C37H57N7O7S. The number of carbonyl (C=O) groups is 5. The first-order valence-electron chi connectivity index (χ1n) is 18.7. The SMILES string of the molecule is CCC[C@H](NC(=O)[C@@H]1[C@@H]2[C@H](CN1C(=O)[C@@H](NC(=O)NC1(CS(=O)(=O)N(C)c3ccccn3)CCCCC1)C(C)(C)C)C2(C)C)C(=O)C(=O)NC1CC1. The second-order valence-electron chi connectivity index (χ2n) is 17.0. The molecule has 52 heavy (non-hydrogen) atoms. The Bertz CT molecular complexity index is 1630. The number of rotatable bonds is 14. The van der Waals surface area contributed by atoms with E-state index in [-0.39, 0.29) is 41.3 Å². The normalized spacial score (nSPS) is 24.4. The van der Waals surface area contributed by atoms with Gasteiger partial charge in [0.15, 0.2) is 0 Å². The summed E-state index contributed by atoms with van der Waals surface area (Å²) in [6.07, 6.45) is 7.29. The van der Waals surface area contributed by atoms with Gasteiger partial charge in [0, 0.05) is 25.8 Å². The van der Waals surface area contributed by atoms with Gasteiger partial charge in [-0.3, -0.25) is 23.5 Å². The van der Waals surface area contributed by atoms with Crippen molar-refractivity contribution >= 4 is 45.4 Å². The third-order valence-electron chi connectivity index (χ3n) is 11.5. The molecule has 2 heterocycles. The summed E-state index contributed by atoms with van der Waals surface area (Å²) in [5.74, 6) is -2.50. The lowest BCUT2D eigenvalue weighted by atomic mass is 9.83. The van der Waals surface area contributed by atoms with Gasteiger partial charge in [-0.15, -0.1) is 0 Å². The van der Waals surface area contributed by atoms with Gasteiger partial charge in [0.05, 0.1) is 17.3 Å². The third-order valence-corrected chi connectivity index (χ3v) is 13.5. The molecule has 5 rings (SSSR count). The fourth-order valence-corrected chi connectivity index (χ4v) is 9.80. The van der Waals surface area contributed by atoms with Crippen LogP contribution >= 0.6 is 0 Å². The average molecular weight is 744 g/mol. The number of nitrogens with one attached hydrogen (secondary N) is 4. The number of sulfonamides is 1. The summed E-state index contributed by atoms with van der Waals surface area (Å²) in [5.41, 5.74) is -2.07. The van der Waals surface area contributed by atoms with Gasteiger partial charge in [-0.1, -0.05) is 73.3 Å². The van der Waals surface area contributed by atoms with Crippen LogP contribution in [-0.2, 0) is 29.2 Å². The summed E-state index contributed by atoms with van der Waals surface area (Å²) in [5, 5.41) is 11.4. The number of ketones is 1. The zero-order chi connectivity index (χ0) is 38.2. The van der Waals surface area contributed by atoms with E-state index < -0.39 is 68.6 Å². The smallest absolute Gasteiger partial charge is 0.315 e. The van der Waals surface area contributed by atoms with Gasteiger partial charge in [0.25, 0.3) is 5.91 Å². The average Bonchev–Trinajstić information content (AvgIpc) is 3.93. The summed E-state index contributed by atoms with van der Waals surface area (Å²) in [6.45, 7) is 11.7. The molecule has 0 radical (unpaired) electrons. The summed E-state index contributed by atoms with van der Waals surface area (Å²) < 4.78 is 28.4. The standard InChI is InChI=1S/C37H57N7O7S/c1-8-14-25(29(45)32(47)39-23-16-17-23)40-31(46)28-27-24(36(27,5)6)21-44(28)33(48)30(35(2,3)4)41-34(49)42-37(18-11-9-12-19-37)22-52(50,51)43(7)26-15-10-13-20-38-26/h10,13,15,20,23-25,27-28,30H,8-9,11-12,14,16-19,21-22H2,1-7H3,(H,39,47)(H,40,46)(H2,41,42,49)/t24-,25-,27-,28-,30+/m0/s1. The number of fused-ring (bicyclic) bond motifs is 1. The van der Waals surface area contributed by atoms with E-state index in [0.29, 0.717) is 25.8 Å². The van der Waals surface area contributed by atoms with E-state index in [2.05, 4.69) is 40.1 Å². The Morgan fingerprint density at radius 2 is 1.71 bits per heavy atom. The van der Waals surface area contributed by atoms with Crippen molar-refractivity contribution in [2.45, 2.75) is 129 Å². The monoisotopic (exact) mass is 743 g/mol. The molecule has 15 heteroatoms. The minimum absolute atomic E-state index is 0.00486. The maximum absolute atomic E-state index is 14.5. The molecule has 5 atom stereocenters. The highest BCUT2D eigenvalue weighted by Gasteiger charge is 2.70. The van der Waals surface area contributed by atoms with Crippen LogP contribution in [-0.4, -0.2) is 96.9 Å². The van der Waals surface area contributed by atoms with Crippen molar-refractivity contribution in [1.82, 2.24) is 31.2 Å². The number of aromatic nitrogens is 1. The Labute approximate surface area is 308 Å². The van der Waals surface area contributed by atoms with Crippen LogP contribution in [0.1, 0.15) is 99.3 Å². The lowest BCUT2D eigenvalue weighted by Gasteiger charge is -2.41. The summed E-state index contributed by atoms with van der Waals surface area (Å²) in [4.78, 5) is 73.9. The molecule has 1 aromatic rings. The van der Waals surface area contributed by atoms with Gasteiger partial charge >= 0.3 is 6.03 Å². The molecule has 4 aliphatic rings. The van der Waals surface area contributed by atoms with Gasteiger partial charge in [-0.2, -0.15) is 0 Å². The first-order chi connectivity index (χ1) is 24.3. The molecule has 0 aromatic carbocycles. The second kappa shape index (κ2) is 14.9. The highest BCUT2D eigenvalue weighted by Crippen LogP contribution is 2.65. The molecule has 14 nitrogen and oxygen atoms in total. The van der Waals surface area contributed by atoms with E-state index in [9.17, 15) is 32.4 Å². The largest absolute Gasteiger partial charge is 0.347 e. The van der Waals surface area contributed by atoms with E-state index in [1.165, 1.54) is 18.1 Å². The molecule has 4 N–H and O–H groups in total. The Morgan fingerprint density at radius 1 is 1.04 bits per heavy atom. The van der Waals surface area contributed by atoms with E-state index in [0.717, 1.165) is 36.4 Å². The molecule has 1 saturated heterocycles. The molecular weight excluding hydrogens is 687 g/mol. The van der Waals surface area contributed by atoms with Crippen LogP contribution in [0.3, 0.4) is 0 Å².